The van der Waals surface area contributed by atoms with Gasteiger partial charge >= 0.3 is 6.03 Å². The molecule has 2 amide bonds. The molecule has 1 aromatic heterocycles. The molecule has 6 nitrogen and oxygen atoms in total. The van der Waals surface area contributed by atoms with Crippen molar-refractivity contribution in [3.8, 4) is 0 Å². The third-order valence-corrected chi connectivity index (χ3v) is 5.64. The molecule has 0 aliphatic carbocycles. The molecular formula is C20H24N4O2S. The molecule has 0 radical (unpaired) electrons. The van der Waals surface area contributed by atoms with Crippen molar-refractivity contribution in [1.82, 2.24) is 14.8 Å². The zero-order chi connectivity index (χ0) is 18.5. The number of nitrogens with zero attached hydrogens (tertiary/aromatic N) is 3. The number of benzene rings is 1. The second-order valence-electron chi connectivity index (χ2n) is 6.77. The predicted molar refractivity (Wildman–Crippen MR) is 108 cm³/mol. The van der Waals surface area contributed by atoms with Crippen molar-refractivity contribution in [1.29, 1.82) is 0 Å². The molecule has 0 atom stereocenters. The Labute approximate surface area is 163 Å². The fourth-order valence-electron chi connectivity index (χ4n) is 3.37. The van der Waals surface area contributed by atoms with Crippen molar-refractivity contribution in [2.75, 3.05) is 44.7 Å². The summed E-state index contributed by atoms with van der Waals surface area (Å²) in [5, 5.41) is 5.66. The van der Waals surface area contributed by atoms with E-state index in [1.165, 1.54) is 22.5 Å². The van der Waals surface area contributed by atoms with E-state index in [-0.39, 0.29) is 6.03 Å². The minimum Gasteiger partial charge on any atom is -0.379 e. The molecule has 1 N–H and O–H groups in total. The molecule has 27 heavy (non-hydrogen) atoms. The number of ether oxygens (including phenoxy) is 1. The van der Waals surface area contributed by atoms with Gasteiger partial charge in [0.25, 0.3) is 0 Å². The number of thiazole rings is 1. The number of hydrogen-bond acceptors (Lipinski definition) is 5. The summed E-state index contributed by atoms with van der Waals surface area (Å²) < 4.78 is 5.38. The smallest absolute Gasteiger partial charge is 0.323 e. The van der Waals surface area contributed by atoms with Crippen LogP contribution in [0.25, 0.3) is 5.57 Å². The highest BCUT2D eigenvalue weighted by Crippen LogP contribution is 2.22. The monoisotopic (exact) mass is 384 g/mol. The molecule has 7 heteroatoms. The maximum absolute atomic E-state index is 12.7. The number of morpholine rings is 1. The lowest BCUT2D eigenvalue weighted by atomic mass is 10.0. The van der Waals surface area contributed by atoms with Gasteiger partial charge in [0.1, 0.15) is 0 Å². The van der Waals surface area contributed by atoms with Crippen LogP contribution in [0.2, 0.25) is 0 Å². The normalized spacial score (nSPS) is 18.2. The Balaban J connectivity index is 1.33. The topological polar surface area (TPSA) is 57.7 Å². The van der Waals surface area contributed by atoms with Crippen LogP contribution < -0.4 is 5.32 Å². The lowest BCUT2D eigenvalue weighted by Gasteiger charge is -2.27. The van der Waals surface area contributed by atoms with E-state index in [9.17, 15) is 4.79 Å². The summed E-state index contributed by atoms with van der Waals surface area (Å²) in [6, 6.07) is 10.2. The second-order valence-corrected chi connectivity index (χ2v) is 7.63. The Kier molecular flexibility index (Phi) is 5.81. The zero-order valence-corrected chi connectivity index (χ0v) is 16.1. The van der Waals surface area contributed by atoms with Crippen LogP contribution >= 0.6 is 11.3 Å². The van der Waals surface area contributed by atoms with E-state index in [1.807, 2.05) is 28.5 Å². The highest BCUT2D eigenvalue weighted by Gasteiger charge is 2.20. The first-order valence-corrected chi connectivity index (χ1v) is 10.2. The Morgan fingerprint density at radius 1 is 1.19 bits per heavy atom. The van der Waals surface area contributed by atoms with Gasteiger partial charge in [-0.25, -0.2) is 9.78 Å². The molecule has 0 bridgehead atoms. The number of rotatable bonds is 4. The quantitative estimate of drug-likeness (QED) is 0.879. The summed E-state index contributed by atoms with van der Waals surface area (Å²) in [4.78, 5) is 21.4. The van der Waals surface area contributed by atoms with Gasteiger partial charge in [-0.1, -0.05) is 36.4 Å². The Morgan fingerprint density at radius 2 is 2.00 bits per heavy atom. The van der Waals surface area contributed by atoms with Gasteiger partial charge in [0.2, 0.25) is 0 Å². The van der Waals surface area contributed by atoms with E-state index in [1.54, 1.807) is 0 Å². The third-order valence-electron chi connectivity index (χ3n) is 4.84. The van der Waals surface area contributed by atoms with Gasteiger partial charge in [-0.15, -0.1) is 11.3 Å². The maximum atomic E-state index is 12.7. The first-order chi connectivity index (χ1) is 13.3. The Morgan fingerprint density at radius 3 is 2.81 bits per heavy atom. The molecule has 1 saturated heterocycles. The van der Waals surface area contributed by atoms with Crippen molar-refractivity contribution >= 4 is 28.1 Å². The highest BCUT2D eigenvalue weighted by molar-refractivity contribution is 7.13. The van der Waals surface area contributed by atoms with Crippen LogP contribution in [0.5, 0.6) is 0 Å². The molecule has 2 aliphatic heterocycles. The van der Waals surface area contributed by atoms with Gasteiger partial charge in [-0.2, -0.15) is 0 Å². The third kappa shape index (κ3) is 4.74. The summed E-state index contributed by atoms with van der Waals surface area (Å²) in [6.45, 7) is 5.58. The number of nitrogens with one attached hydrogen (secondary N) is 1. The lowest BCUT2D eigenvalue weighted by Crippen LogP contribution is -2.38. The average molecular weight is 385 g/mol. The van der Waals surface area contributed by atoms with E-state index in [0.717, 1.165) is 51.5 Å². The molecule has 4 rings (SSSR count). The van der Waals surface area contributed by atoms with Crippen molar-refractivity contribution < 1.29 is 9.53 Å². The van der Waals surface area contributed by atoms with E-state index < -0.39 is 0 Å². The van der Waals surface area contributed by atoms with E-state index in [2.05, 4.69) is 33.4 Å². The number of amides is 2. The Bertz CT molecular complexity index is 799. The maximum Gasteiger partial charge on any atom is 0.323 e. The largest absolute Gasteiger partial charge is 0.379 e. The number of hydrogen-bond donors (Lipinski definition) is 1. The molecule has 1 fully saturated rings. The van der Waals surface area contributed by atoms with Crippen LogP contribution in [0.4, 0.5) is 9.93 Å². The molecule has 3 heterocycles. The molecular weight excluding hydrogens is 360 g/mol. The molecule has 1 aromatic carbocycles. The number of carbonyl (C=O) groups is 1. The summed E-state index contributed by atoms with van der Waals surface area (Å²) in [5.74, 6) is 0. The number of anilines is 1. The minimum absolute atomic E-state index is 0.0798. The van der Waals surface area contributed by atoms with Crippen LogP contribution in [0.1, 0.15) is 17.7 Å². The summed E-state index contributed by atoms with van der Waals surface area (Å²) >= 11 is 1.49. The molecule has 0 saturated carbocycles. The van der Waals surface area contributed by atoms with Crippen LogP contribution in [0.15, 0.2) is 41.8 Å². The zero-order valence-electron chi connectivity index (χ0n) is 15.3. The van der Waals surface area contributed by atoms with Gasteiger partial charge in [0, 0.05) is 38.1 Å². The lowest BCUT2D eigenvalue weighted by molar-refractivity contribution is 0.0337. The van der Waals surface area contributed by atoms with Crippen molar-refractivity contribution in [2.24, 2.45) is 0 Å². The van der Waals surface area contributed by atoms with Gasteiger partial charge in [-0.3, -0.25) is 10.2 Å². The summed E-state index contributed by atoms with van der Waals surface area (Å²) in [7, 11) is 0. The highest BCUT2D eigenvalue weighted by atomic mass is 32.1. The van der Waals surface area contributed by atoms with E-state index in [0.29, 0.717) is 11.7 Å². The molecule has 0 unspecified atom stereocenters. The second kappa shape index (κ2) is 8.65. The van der Waals surface area contributed by atoms with Crippen molar-refractivity contribution in [3.05, 3.63) is 53.0 Å². The fourth-order valence-corrected chi connectivity index (χ4v) is 4.07. The summed E-state index contributed by atoms with van der Waals surface area (Å²) in [5.41, 5.74) is 3.38. The minimum atomic E-state index is -0.0798. The Hall–Kier alpha value is -2.22. The first kappa shape index (κ1) is 18.2. The first-order valence-electron chi connectivity index (χ1n) is 9.33. The van der Waals surface area contributed by atoms with Crippen LogP contribution in [-0.4, -0.2) is 60.2 Å². The standard InChI is InChI=1S/C20H24N4O2S/c25-20(24-8-4-7-17(13-24)16-5-2-1-3-6-16)22-19-21-18(15-27-19)14-23-9-11-26-12-10-23/h1-3,5-7,15H,4,8-14H2,(H,21,22,25). The van der Waals surface area contributed by atoms with E-state index >= 15 is 0 Å². The molecule has 142 valence electrons. The number of carbonyl (C=O) groups excluding carboxylic acids is 1. The van der Waals surface area contributed by atoms with Gasteiger partial charge in [0.05, 0.1) is 18.9 Å². The van der Waals surface area contributed by atoms with Gasteiger partial charge in [-0.05, 0) is 17.6 Å². The fraction of sp³-hybridized carbons (Fsp3) is 0.400. The predicted octanol–water partition coefficient (Wildman–Crippen LogP) is 3.30. The number of aromatic nitrogens is 1. The molecule has 2 aromatic rings. The van der Waals surface area contributed by atoms with E-state index in [4.69, 9.17) is 4.74 Å². The number of urea groups is 1. The van der Waals surface area contributed by atoms with Crippen molar-refractivity contribution in [3.63, 3.8) is 0 Å². The van der Waals surface area contributed by atoms with Crippen molar-refractivity contribution in [2.45, 2.75) is 13.0 Å². The van der Waals surface area contributed by atoms with Gasteiger partial charge < -0.3 is 9.64 Å². The molecule has 0 spiro atoms. The van der Waals surface area contributed by atoms with Crippen LogP contribution in [0, 0.1) is 0 Å². The SMILES string of the molecule is O=C(Nc1nc(CN2CCOCC2)cs1)N1CCC=C(c2ccccc2)C1. The average Bonchev–Trinajstić information content (AvgIpc) is 3.16. The van der Waals surface area contributed by atoms with Crippen LogP contribution in [-0.2, 0) is 11.3 Å². The molecule has 2 aliphatic rings. The van der Waals surface area contributed by atoms with Gasteiger partial charge in [0.15, 0.2) is 5.13 Å². The van der Waals surface area contributed by atoms with Crippen LogP contribution in [0.3, 0.4) is 0 Å². The summed E-state index contributed by atoms with van der Waals surface area (Å²) in [6.07, 6.45) is 3.10.